The highest BCUT2D eigenvalue weighted by atomic mass is 32.2. The normalized spacial score (nSPS) is 18.3. The Balaban J connectivity index is 1.71. The summed E-state index contributed by atoms with van der Waals surface area (Å²) < 4.78 is 0. The minimum absolute atomic E-state index is 0.0690. The maximum atomic E-state index is 9.54. The van der Waals surface area contributed by atoms with E-state index in [2.05, 4.69) is 26.1 Å². The van der Waals surface area contributed by atoms with Crippen molar-refractivity contribution >= 4 is 28.6 Å². The van der Waals surface area contributed by atoms with Crippen LogP contribution in [0.3, 0.4) is 0 Å². The van der Waals surface area contributed by atoms with Crippen molar-refractivity contribution in [3.63, 3.8) is 0 Å². The molecule has 1 aliphatic rings. The minimum atomic E-state index is 0.0690. The number of nitrogen functional groups attached to an aromatic ring is 1. The molecule has 4 N–H and O–H groups in total. The number of aromatic nitrogens is 3. The molecule has 1 aliphatic heterocycles. The van der Waals surface area contributed by atoms with Crippen LogP contribution < -0.4 is 5.73 Å². The Hall–Kier alpha value is -1.31. The minimum Gasteiger partial charge on any atom is -0.396 e. The fraction of sp³-hybridized carbons (Fsp3) is 0.538. The summed E-state index contributed by atoms with van der Waals surface area (Å²) in [6.45, 7) is 2.94. The number of anilines is 1. The summed E-state index contributed by atoms with van der Waals surface area (Å²) in [5.41, 5.74) is 8.72. The van der Waals surface area contributed by atoms with E-state index in [1.165, 1.54) is 6.33 Å². The Labute approximate surface area is 121 Å². The molecule has 1 fully saturated rings. The van der Waals surface area contributed by atoms with Gasteiger partial charge in [-0.2, -0.15) is 11.8 Å². The van der Waals surface area contributed by atoms with Gasteiger partial charge in [-0.1, -0.05) is 0 Å². The van der Waals surface area contributed by atoms with Gasteiger partial charge in [0.05, 0.1) is 12.1 Å². The van der Waals surface area contributed by atoms with Crippen LogP contribution in [0.1, 0.15) is 5.56 Å². The zero-order valence-electron chi connectivity index (χ0n) is 11.5. The molecule has 20 heavy (non-hydrogen) atoms. The Kier molecular flexibility index (Phi) is 3.57. The van der Waals surface area contributed by atoms with Crippen molar-refractivity contribution in [2.75, 3.05) is 37.4 Å². The average molecular weight is 293 g/mol. The summed E-state index contributed by atoms with van der Waals surface area (Å²) in [5, 5.41) is 9.54. The first kappa shape index (κ1) is 13.7. The first-order chi connectivity index (χ1) is 9.67. The Bertz CT molecular complexity index is 608. The smallest absolute Gasteiger partial charge is 0.151 e. The second kappa shape index (κ2) is 5.23. The predicted molar refractivity (Wildman–Crippen MR) is 81.5 cm³/mol. The van der Waals surface area contributed by atoms with E-state index in [0.29, 0.717) is 5.82 Å². The van der Waals surface area contributed by atoms with Gasteiger partial charge in [-0.15, -0.1) is 0 Å². The Morgan fingerprint density at radius 2 is 2.30 bits per heavy atom. The van der Waals surface area contributed by atoms with Crippen LogP contribution in [-0.2, 0) is 6.54 Å². The molecule has 2 aromatic heterocycles. The third-order valence-corrected chi connectivity index (χ3v) is 4.77. The van der Waals surface area contributed by atoms with E-state index in [-0.39, 0.29) is 12.0 Å². The molecule has 0 unspecified atom stereocenters. The van der Waals surface area contributed by atoms with Gasteiger partial charge in [-0.25, -0.2) is 9.97 Å². The quantitative estimate of drug-likeness (QED) is 0.751. The van der Waals surface area contributed by atoms with Crippen LogP contribution in [0.25, 0.3) is 11.0 Å². The summed E-state index contributed by atoms with van der Waals surface area (Å²) in [4.78, 5) is 13.8. The van der Waals surface area contributed by atoms with Crippen LogP contribution in [-0.4, -0.2) is 56.7 Å². The number of nitrogens with zero attached hydrogens (tertiary/aromatic N) is 3. The van der Waals surface area contributed by atoms with Crippen molar-refractivity contribution in [1.82, 2.24) is 19.9 Å². The highest BCUT2D eigenvalue weighted by molar-refractivity contribution is 7.98. The lowest BCUT2D eigenvalue weighted by molar-refractivity contribution is -0.0279. The highest BCUT2D eigenvalue weighted by Gasteiger charge is 2.41. The first-order valence-corrected chi connectivity index (χ1v) is 7.95. The molecule has 0 atom stereocenters. The third-order valence-electron chi connectivity index (χ3n) is 3.87. The average Bonchev–Trinajstić information content (AvgIpc) is 2.81. The van der Waals surface area contributed by atoms with Gasteiger partial charge in [-0.05, 0) is 6.26 Å². The summed E-state index contributed by atoms with van der Waals surface area (Å²) in [6, 6.07) is 0. The van der Waals surface area contributed by atoms with Gasteiger partial charge < -0.3 is 15.8 Å². The molecule has 0 aromatic carbocycles. The molecule has 3 rings (SSSR count). The molecule has 0 spiro atoms. The SMILES string of the molecule is CSCC1(CO)CN(Cc2c[nH]c3c(N)ncnc23)C1. The Morgan fingerprint density at radius 1 is 1.50 bits per heavy atom. The van der Waals surface area contributed by atoms with Crippen LogP contribution in [0.4, 0.5) is 5.82 Å². The lowest BCUT2D eigenvalue weighted by atomic mass is 9.82. The molecule has 108 valence electrons. The largest absolute Gasteiger partial charge is 0.396 e. The van der Waals surface area contributed by atoms with Crippen LogP contribution in [0, 0.1) is 5.41 Å². The van der Waals surface area contributed by atoms with E-state index in [4.69, 9.17) is 5.73 Å². The fourth-order valence-corrected chi connectivity index (χ4v) is 3.82. The highest BCUT2D eigenvalue weighted by Crippen LogP contribution is 2.34. The fourth-order valence-electron chi connectivity index (χ4n) is 2.93. The zero-order chi connectivity index (χ0) is 14.2. The molecule has 3 heterocycles. The number of nitrogens with two attached hydrogens (primary N) is 1. The van der Waals surface area contributed by atoms with E-state index in [9.17, 15) is 5.11 Å². The first-order valence-electron chi connectivity index (χ1n) is 6.56. The number of hydrogen-bond donors (Lipinski definition) is 3. The number of thioether (sulfide) groups is 1. The maximum absolute atomic E-state index is 9.54. The summed E-state index contributed by atoms with van der Waals surface area (Å²) in [6.07, 6.45) is 5.53. The number of fused-ring (bicyclic) bond motifs is 1. The predicted octanol–water partition coefficient (Wildman–Crippen LogP) is 0.697. The molecular formula is C13H19N5OS. The van der Waals surface area contributed by atoms with Gasteiger partial charge in [0.25, 0.3) is 0 Å². The van der Waals surface area contributed by atoms with Gasteiger partial charge in [0, 0.05) is 42.6 Å². The molecule has 0 aliphatic carbocycles. The molecule has 0 amide bonds. The summed E-state index contributed by atoms with van der Waals surface area (Å²) in [5.74, 6) is 1.49. The van der Waals surface area contributed by atoms with Crippen molar-refractivity contribution in [2.24, 2.45) is 5.41 Å². The number of aromatic amines is 1. The molecule has 2 aromatic rings. The molecule has 6 nitrogen and oxygen atoms in total. The Morgan fingerprint density at radius 3 is 3.00 bits per heavy atom. The number of likely N-dealkylation sites (tertiary alicyclic amines) is 1. The maximum Gasteiger partial charge on any atom is 0.151 e. The lowest BCUT2D eigenvalue weighted by Crippen LogP contribution is -2.59. The molecular weight excluding hydrogens is 274 g/mol. The van der Waals surface area contributed by atoms with E-state index >= 15 is 0 Å². The van der Waals surface area contributed by atoms with E-state index in [1.54, 1.807) is 11.8 Å². The van der Waals surface area contributed by atoms with Crippen molar-refractivity contribution in [1.29, 1.82) is 0 Å². The van der Waals surface area contributed by atoms with Gasteiger partial charge >= 0.3 is 0 Å². The second-order valence-corrected chi connectivity index (χ2v) is 6.40. The lowest BCUT2D eigenvalue weighted by Gasteiger charge is -2.49. The van der Waals surface area contributed by atoms with Crippen molar-refractivity contribution in [3.8, 4) is 0 Å². The van der Waals surface area contributed by atoms with Crippen LogP contribution in [0.15, 0.2) is 12.5 Å². The van der Waals surface area contributed by atoms with Gasteiger partial charge in [0.1, 0.15) is 11.8 Å². The zero-order valence-corrected chi connectivity index (χ0v) is 12.3. The second-order valence-electron chi connectivity index (χ2n) is 5.53. The van der Waals surface area contributed by atoms with E-state index < -0.39 is 0 Å². The van der Waals surface area contributed by atoms with Gasteiger partial charge in [0.2, 0.25) is 0 Å². The third kappa shape index (κ3) is 2.25. The van der Waals surface area contributed by atoms with Crippen LogP contribution in [0.5, 0.6) is 0 Å². The van der Waals surface area contributed by atoms with Crippen molar-refractivity contribution < 1.29 is 5.11 Å². The number of rotatable bonds is 5. The number of hydrogen-bond acceptors (Lipinski definition) is 6. The molecule has 7 heteroatoms. The monoisotopic (exact) mass is 293 g/mol. The summed E-state index contributed by atoms with van der Waals surface area (Å²) >= 11 is 1.79. The standard InChI is InChI=1S/C13H19N5OS/c1-20-7-13(6-19)4-18(5-13)3-9-2-15-11-10(9)16-8-17-12(11)14/h2,8,15,19H,3-7H2,1H3,(H2,14,16,17). The number of aliphatic hydroxyl groups is 1. The molecule has 0 bridgehead atoms. The van der Waals surface area contributed by atoms with Crippen molar-refractivity contribution in [2.45, 2.75) is 6.54 Å². The van der Waals surface area contributed by atoms with Crippen LogP contribution >= 0.6 is 11.8 Å². The van der Waals surface area contributed by atoms with Gasteiger partial charge in [-0.3, -0.25) is 4.90 Å². The number of H-pyrrole nitrogens is 1. The molecule has 1 saturated heterocycles. The molecule has 0 saturated carbocycles. The van der Waals surface area contributed by atoms with Crippen molar-refractivity contribution in [3.05, 3.63) is 18.1 Å². The topological polar surface area (TPSA) is 91.1 Å². The van der Waals surface area contributed by atoms with Crippen LogP contribution in [0.2, 0.25) is 0 Å². The van der Waals surface area contributed by atoms with E-state index in [1.807, 2.05) is 6.20 Å². The van der Waals surface area contributed by atoms with E-state index in [0.717, 1.165) is 42.0 Å². The van der Waals surface area contributed by atoms with Gasteiger partial charge in [0.15, 0.2) is 5.82 Å². The number of aliphatic hydroxyl groups excluding tert-OH is 1. The summed E-state index contributed by atoms with van der Waals surface area (Å²) in [7, 11) is 0. The molecule has 0 radical (unpaired) electrons. The number of nitrogens with one attached hydrogen (secondary N) is 1.